The van der Waals surface area contributed by atoms with E-state index in [0.29, 0.717) is 6.54 Å². The molecule has 144 valence electrons. The van der Waals surface area contributed by atoms with Gasteiger partial charge in [0.1, 0.15) is 0 Å². The van der Waals surface area contributed by atoms with Gasteiger partial charge in [0.2, 0.25) is 0 Å². The molecule has 3 amide bonds. The molecule has 2 aliphatic heterocycles. The van der Waals surface area contributed by atoms with Gasteiger partial charge in [0, 0.05) is 18.5 Å². The second-order valence-corrected chi connectivity index (χ2v) is 7.75. The molecule has 0 bridgehead atoms. The molecular weight excluding hydrogens is 380 g/mol. The number of rotatable bonds is 4. The van der Waals surface area contributed by atoms with Crippen molar-refractivity contribution in [3.63, 3.8) is 0 Å². The highest BCUT2D eigenvalue weighted by atomic mass is 32.1. The van der Waals surface area contributed by atoms with Crippen molar-refractivity contribution in [3.8, 4) is 0 Å². The molecule has 1 aromatic heterocycles. The van der Waals surface area contributed by atoms with Gasteiger partial charge in [-0.25, -0.2) is 4.79 Å². The van der Waals surface area contributed by atoms with Crippen LogP contribution in [0.2, 0.25) is 0 Å². The zero-order valence-electron chi connectivity index (χ0n) is 15.2. The van der Waals surface area contributed by atoms with Crippen LogP contribution >= 0.6 is 11.3 Å². The van der Waals surface area contributed by atoms with Crippen LogP contribution in [-0.2, 0) is 9.53 Å². The first-order valence-electron chi connectivity index (χ1n) is 8.94. The largest absolute Gasteiger partial charge is 0.452 e. The zero-order chi connectivity index (χ0) is 19.8. The van der Waals surface area contributed by atoms with Crippen LogP contribution in [-0.4, -0.2) is 53.7 Å². The van der Waals surface area contributed by atoms with Crippen molar-refractivity contribution >= 4 is 35.0 Å². The summed E-state index contributed by atoms with van der Waals surface area (Å²) in [6.45, 7) is 0.283. The SMILES string of the molecule is CN1C(=O)c2ccc(C(=O)OCC(=O)N3CCCC3c3cccs3)cc2C1=O. The number of nitrogens with zero attached hydrogens (tertiary/aromatic N) is 2. The minimum Gasteiger partial charge on any atom is -0.452 e. The Morgan fingerprint density at radius 3 is 2.71 bits per heavy atom. The third-order valence-corrected chi connectivity index (χ3v) is 6.07. The second-order valence-electron chi connectivity index (χ2n) is 6.77. The molecule has 1 aromatic carbocycles. The quantitative estimate of drug-likeness (QED) is 0.584. The van der Waals surface area contributed by atoms with Gasteiger partial charge >= 0.3 is 5.97 Å². The van der Waals surface area contributed by atoms with Crippen molar-refractivity contribution < 1.29 is 23.9 Å². The highest BCUT2D eigenvalue weighted by Gasteiger charge is 2.34. The summed E-state index contributed by atoms with van der Waals surface area (Å²) in [6, 6.07) is 8.21. The van der Waals surface area contributed by atoms with E-state index in [9.17, 15) is 19.2 Å². The van der Waals surface area contributed by atoms with Crippen molar-refractivity contribution in [2.45, 2.75) is 18.9 Å². The fraction of sp³-hybridized carbons (Fsp3) is 0.300. The average Bonchev–Trinajstić information content (AvgIpc) is 3.44. The summed E-state index contributed by atoms with van der Waals surface area (Å²) in [5.41, 5.74) is 0.570. The highest BCUT2D eigenvalue weighted by Crippen LogP contribution is 2.34. The van der Waals surface area contributed by atoms with E-state index >= 15 is 0 Å². The Hall–Kier alpha value is -3.00. The van der Waals surface area contributed by atoms with Gasteiger partial charge in [-0.1, -0.05) is 6.07 Å². The molecule has 1 fully saturated rings. The van der Waals surface area contributed by atoms with E-state index < -0.39 is 17.8 Å². The zero-order valence-corrected chi connectivity index (χ0v) is 16.0. The Labute approximate surface area is 165 Å². The molecule has 2 aliphatic rings. The minimum atomic E-state index is -0.696. The van der Waals surface area contributed by atoms with E-state index in [4.69, 9.17) is 4.74 Å². The summed E-state index contributed by atoms with van der Waals surface area (Å²) in [6.07, 6.45) is 1.81. The Morgan fingerprint density at radius 2 is 1.96 bits per heavy atom. The summed E-state index contributed by atoms with van der Waals surface area (Å²) >= 11 is 1.61. The summed E-state index contributed by atoms with van der Waals surface area (Å²) in [7, 11) is 1.39. The molecular formula is C20H18N2O5S. The molecule has 0 aliphatic carbocycles. The van der Waals surface area contributed by atoms with E-state index in [1.165, 1.54) is 25.2 Å². The van der Waals surface area contributed by atoms with Crippen LogP contribution < -0.4 is 0 Å². The molecule has 0 spiro atoms. The number of carbonyl (C=O) groups excluding carboxylic acids is 4. The van der Waals surface area contributed by atoms with Crippen LogP contribution in [0.15, 0.2) is 35.7 Å². The molecule has 8 heteroatoms. The fourth-order valence-corrected chi connectivity index (χ4v) is 4.50. The smallest absolute Gasteiger partial charge is 0.338 e. The van der Waals surface area contributed by atoms with Crippen molar-refractivity contribution in [2.75, 3.05) is 20.2 Å². The van der Waals surface area contributed by atoms with E-state index in [0.717, 1.165) is 22.6 Å². The number of ether oxygens (including phenoxy) is 1. The van der Waals surface area contributed by atoms with Gasteiger partial charge < -0.3 is 9.64 Å². The number of hydrogen-bond donors (Lipinski definition) is 0. The van der Waals surface area contributed by atoms with Gasteiger partial charge in [0.15, 0.2) is 6.61 Å². The van der Waals surface area contributed by atoms with Gasteiger partial charge in [-0.15, -0.1) is 11.3 Å². The first-order chi connectivity index (χ1) is 13.5. The Kier molecular flexibility index (Phi) is 4.72. The molecule has 7 nitrogen and oxygen atoms in total. The lowest BCUT2D eigenvalue weighted by molar-refractivity contribution is -0.135. The number of imide groups is 1. The Bertz CT molecular complexity index is 969. The van der Waals surface area contributed by atoms with Crippen LogP contribution in [0.25, 0.3) is 0 Å². The van der Waals surface area contributed by atoms with Crippen LogP contribution in [0, 0.1) is 0 Å². The molecule has 0 N–H and O–H groups in total. The first kappa shape index (κ1) is 18.4. The normalized spacial score (nSPS) is 18.5. The van der Waals surface area contributed by atoms with Crippen LogP contribution in [0.1, 0.15) is 54.8 Å². The predicted octanol–water partition coefficient (Wildman–Crippen LogP) is 2.49. The topological polar surface area (TPSA) is 84.0 Å². The van der Waals surface area contributed by atoms with E-state index in [-0.39, 0.29) is 35.2 Å². The lowest BCUT2D eigenvalue weighted by atomic mass is 10.1. The van der Waals surface area contributed by atoms with Crippen molar-refractivity contribution in [1.29, 1.82) is 0 Å². The molecule has 1 unspecified atom stereocenters. The lowest BCUT2D eigenvalue weighted by Crippen LogP contribution is -2.34. The van der Waals surface area contributed by atoms with Crippen molar-refractivity contribution in [3.05, 3.63) is 57.3 Å². The van der Waals surface area contributed by atoms with Gasteiger partial charge in [0.25, 0.3) is 17.7 Å². The third kappa shape index (κ3) is 3.09. The number of esters is 1. The number of likely N-dealkylation sites (tertiary alicyclic amines) is 1. The predicted molar refractivity (Wildman–Crippen MR) is 101 cm³/mol. The second kappa shape index (κ2) is 7.20. The van der Waals surface area contributed by atoms with Gasteiger partial charge in [-0.2, -0.15) is 0 Å². The number of thiophene rings is 1. The van der Waals surface area contributed by atoms with Gasteiger partial charge in [-0.3, -0.25) is 19.3 Å². The number of carbonyl (C=O) groups is 4. The van der Waals surface area contributed by atoms with Gasteiger partial charge in [0.05, 0.1) is 22.7 Å². The van der Waals surface area contributed by atoms with Crippen LogP contribution in [0.3, 0.4) is 0 Å². The van der Waals surface area contributed by atoms with E-state index in [1.807, 2.05) is 17.5 Å². The third-order valence-electron chi connectivity index (χ3n) is 5.10. The standard InChI is InChI=1S/C20H18N2O5S/c1-21-18(24)13-7-6-12(10-14(13)19(21)25)20(26)27-11-17(23)22-8-2-4-15(22)16-5-3-9-28-16/h3,5-7,9-10,15H,2,4,8,11H2,1H3. The number of benzene rings is 1. The summed E-state index contributed by atoms with van der Waals surface area (Å²) < 4.78 is 5.18. The number of amides is 3. The van der Waals surface area contributed by atoms with Crippen molar-refractivity contribution in [1.82, 2.24) is 9.80 Å². The molecule has 0 saturated carbocycles. The molecule has 1 saturated heterocycles. The number of fused-ring (bicyclic) bond motifs is 1. The maximum atomic E-state index is 12.6. The van der Waals surface area contributed by atoms with Crippen LogP contribution in [0.5, 0.6) is 0 Å². The minimum absolute atomic E-state index is 0.0327. The maximum absolute atomic E-state index is 12.6. The lowest BCUT2D eigenvalue weighted by Gasteiger charge is -2.23. The molecule has 3 heterocycles. The molecule has 0 radical (unpaired) electrons. The molecule has 28 heavy (non-hydrogen) atoms. The molecule has 2 aromatic rings. The Balaban J connectivity index is 1.42. The summed E-state index contributed by atoms with van der Waals surface area (Å²) in [5, 5.41) is 1.98. The van der Waals surface area contributed by atoms with Gasteiger partial charge in [-0.05, 0) is 42.5 Å². The fourth-order valence-electron chi connectivity index (χ4n) is 3.62. The van der Waals surface area contributed by atoms with Crippen molar-refractivity contribution in [2.24, 2.45) is 0 Å². The highest BCUT2D eigenvalue weighted by molar-refractivity contribution is 7.10. The summed E-state index contributed by atoms with van der Waals surface area (Å²) in [4.78, 5) is 52.8. The first-order valence-corrected chi connectivity index (χ1v) is 9.82. The molecule has 4 rings (SSSR count). The van der Waals surface area contributed by atoms with E-state index in [2.05, 4.69) is 0 Å². The van der Waals surface area contributed by atoms with E-state index in [1.54, 1.807) is 16.2 Å². The van der Waals surface area contributed by atoms with Crippen LogP contribution in [0.4, 0.5) is 0 Å². The average molecular weight is 398 g/mol. The molecule has 1 atom stereocenters. The number of hydrogen-bond acceptors (Lipinski definition) is 6. The summed E-state index contributed by atoms with van der Waals surface area (Å²) in [5.74, 6) is -1.79. The maximum Gasteiger partial charge on any atom is 0.338 e. The monoisotopic (exact) mass is 398 g/mol. The Morgan fingerprint density at radius 1 is 1.18 bits per heavy atom.